The van der Waals surface area contributed by atoms with Crippen molar-refractivity contribution in [3.63, 3.8) is 0 Å². The molecule has 1 unspecified atom stereocenters. The highest BCUT2D eigenvalue weighted by molar-refractivity contribution is 7.99. The maximum Gasteiger partial charge on any atom is 0.173 e. The fourth-order valence-electron chi connectivity index (χ4n) is 3.04. The van der Waals surface area contributed by atoms with Gasteiger partial charge in [-0.05, 0) is 43.3 Å². The SMILES string of the molecule is COc1ccc(-n2ccnc2SC(C)/C(O)=C(/C#N)c2nc3ccccc3[nH]2)cc1. The number of hydrogen-bond acceptors (Lipinski definition) is 6. The number of aliphatic hydroxyl groups excluding tert-OH is 1. The molecule has 4 aromatic rings. The van der Waals surface area contributed by atoms with Crippen molar-refractivity contribution in [3.05, 3.63) is 72.5 Å². The first-order chi connectivity index (χ1) is 14.6. The molecule has 2 N–H and O–H groups in total. The summed E-state index contributed by atoms with van der Waals surface area (Å²) in [6, 6.07) is 17.2. The van der Waals surface area contributed by atoms with Crippen molar-refractivity contribution < 1.29 is 9.84 Å². The zero-order valence-corrected chi connectivity index (χ0v) is 17.2. The number of aromatic amines is 1. The molecule has 1 atom stereocenters. The quantitative estimate of drug-likeness (QED) is 0.267. The molecule has 150 valence electrons. The summed E-state index contributed by atoms with van der Waals surface area (Å²) < 4.78 is 7.12. The van der Waals surface area contributed by atoms with Crippen molar-refractivity contribution in [3.8, 4) is 17.5 Å². The van der Waals surface area contributed by atoms with Gasteiger partial charge < -0.3 is 14.8 Å². The Morgan fingerprint density at radius 2 is 2.00 bits per heavy atom. The molecule has 0 aliphatic rings. The molecule has 30 heavy (non-hydrogen) atoms. The molecular weight excluding hydrogens is 398 g/mol. The number of thioether (sulfide) groups is 1. The fourth-order valence-corrected chi connectivity index (χ4v) is 3.98. The van der Waals surface area contributed by atoms with Crippen LogP contribution in [0.15, 0.2) is 71.8 Å². The van der Waals surface area contributed by atoms with Gasteiger partial charge in [0, 0.05) is 18.1 Å². The van der Waals surface area contributed by atoms with E-state index in [9.17, 15) is 10.4 Å². The molecule has 0 spiro atoms. The maximum absolute atomic E-state index is 10.8. The van der Waals surface area contributed by atoms with Crippen LogP contribution in [-0.4, -0.2) is 37.0 Å². The number of rotatable bonds is 6. The normalized spacial score (nSPS) is 13.0. The number of benzene rings is 2. The summed E-state index contributed by atoms with van der Waals surface area (Å²) in [5.74, 6) is 1.07. The smallest absolute Gasteiger partial charge is 0.173 e. The zero-order valence-electron chi connectivity index (χ0n) is 16.4. The van der Waals surface area contributed by atoms with E-state index >= 15 is 0 Å². The van der Waals surface area contributed by atoms with Crippen LogP contribution in [-0.2, 0) is 0 Å². The summed E-state index contributed by atoms with van der Waals surface area (Å²) in [6.07, 6.45) is 3.55. The number of para-hydroxylation sites is 2. The van der Waals surface area contributed by atoms with Crippen LogP contribution in [0, 0.1) is 11.3 Å². The topological polar surface area (TPSA) is 99.8 Å². The molecule has 2 heterocycles. The van der Waals surface area contributed by atoms with Gasteiger partial charge in [-0.15, -0.1) is 0 Å². The number of hydrogen-bond donors (Lipinski definition) is 2. The number of nitrogens with zero attached hydrogens (tertiary/aromatic N) is 4. The molecular formula is C22H19N5O2S. The summed E-state index contributed by atoms with van der Waals surface area (Å²) >= 11 is 1.35. The second kappa shape index (κ2) is 8.35. The molecule has 0 fully saturated rings. The van der Waals surface area contributed by atoms with Gasteiger partial charge in [0.2, 0.25) is 0 Å². The van der Waals surface area contributed by atoms with Gasteiger partial charge in [0.25, 0.3) is 0 Å². The van der Waals surface area contributed by atoms with E-state index < -0.39 is 5.25 Å². The molecule has 0 aliphatic carbocycles. The van der Waals surface area contributed by atoms with Gasteiger partial charge in [-0.1, -0.05) is 23.9 Å². The Bertz CT molecular complexity index is 1220. The largest absolute Gasteiger partial charge is 0.510 e. The number of aliphatic hydroxyl groups is 1. The molecule has 0 bridgehead atoms. The zero-order chi connectivity index (χ0) is 21.1. The number of aromatic nitrogens is 4. The van der Waals surface area contributed by atoms with E-state index in [2.05, 4.69) is 21.0 Å². The number of nitriles is 1. The summed E-state index contributed by atoms with van der Waals surface area (Å²) in [6.45, 7) is 1.83. The lowest BCUT2D eigenvalue weighted by molar-refractivity contribution is 0.401. The third-order valence-corrected chi connectivity index (χ3v) is 5.71. The predicted molar refractivity (Wildman–Crippen MR) is 117 cm³/mol. The summed E-state index contributed by atoms with van der Waals surface area (Å²) in [5.41, 5.74) is 2.59. The number of imidazole rings is 2. The highest BCUT2D eigenvalue weighted by Crippen LogP contribution is 2.31. The molecule has 7 nitrogen and oxygen atoms in total. The van der Waals surface area contributed by atoms with Crippen LogP contribution in [0.1, 0.15) is 12.7 Å². The molecule has 0 saturated heterocycles. The Hall–Kier alpha value is -3.70. The van der Waals surface area contributed by atoms with Crippen LogP contribution < -0.4 is 4.74 Å². The first kappa shape index (κ1) is 19.6. The van der Waals surface area contributed by atoms with Gasteiger partial charge >= 0.3 is 0 Å². The van der Waals surface area contributed by atoms with E-state index in [4.69, 9.17) is 4.74 Å². The van der Waals surface area contributed by atoms with Crippen LogP contribution in [0.5, 0.6) is 5.75 Å². The number of allylic oxidation sites excluding steroid dienone is 1. The van der Waals surface area contributed by atoms with Crippen molar-refractivity contribution in [2.24, 2.45) is 0 Å². The lowest BCUT2D eigenvalue weighted by atomic mass is 10.2. The highest BCUT2D eigenvalue weighted by Gasteiger charge is 2.21. The molecule has 0 aliphatic heterocycles. The van der Waals surface area contributed by atoms with E-state index in [0.717, 1.165) is 22.5 Å². The van der Waals surface area contributed by atoms with Crippen molar-refractivity contribution >= 4 is 28.4 Å². The highest BCUT2D eigenvalue weighted by atomic mass is 32.2. The van der Waals surface area contributed by atoms with Gasteiger partial charge in [0.1, 0.15) is 23.2 Å². The number of ether oxygens (including phenoxy) is 1. The van der Waals surface area contributed by atoms with Crippen LogP contribution in [0.3, 0.4) is 0 Å². The van der Waals surface area contributed by atoms with E-state index in [0.29, 0.717) is 11.0 Å². The second-order valence-electron chi connectivity index (χ2n) is 6.51. The Labute approximate surface area is 177 Å². The monoisotopic (exact) mass is 417 g/mol. The van der Waals surface area contributed by atoms with Crippen LogP contribution in [0.25, 0.3) is 22.3 Å². The molecule has 8 heteroatoms. The molecule has 0 radical (unpaired) electrons. The van der Waals surface area contributed by atoms with Crippen molar-refractivity contribution in [1.29, 1.82) is 5.26 Å². The molecule has 0 amide bonds. The van der Waals surface area contributed by atoms with Crippen LogP contribution in [0.2, 0.25) is 0 Å². The standard InChI is InChI=1S/C22H19N5O2S/c1-14(20(28)17(13-23)21-25-18-5-3-4-6-19(18)26-21)30-22-24-11-12-27(22)15-7-9-16(29-2)10-8-15/h3-12,14,28H,1-2H3,(H,25,26)/b20-17+. The maximum atomic E-state index is 10.8. The molecule has 0 saturated carbocycles. The number of methoxy groups -OCH3 is 1. The number of fused-ring (bicyclic) bond motifs is 1. The second-order valence-corrected chi connectivity index (χ2v) is 7.82. The number of H-pyrrole nitrogens is 1. The Morgan fingerprint density at radius 3 is 2.70 bits per heavy atom. The summed E-state index contributed by atoms with van der Waals surface area (Å²) in [5, 5.41) is 20.8. The van der Waals surface area contributed by atoms with E-state index in [1.807, 2.05) is 66.2 Å². The van der Waals surface area contributed by atoms with Crippen molar-refractivity contribution in [2.75, 3.05) is 7.11 Å². The minimum Gasteiger partial charge on any atom is -0.510 e. The third-order valence-electron chi connectivity index (χ3n) is 4.62. The van der Waals surface area contributed by atoms with E-state index in [1.54, 1.807) is 13.3 Å². The number of nitrogens with one attached hydrogen (secondary N) is 1. The molecule has 4 rings (SSSR count). The van der Waals surface area contributed by atoms with Gasteiger partial charge in [0.05, 0.1) is 23.4 Å². The van der Waals surface area contributed by atoms with Crippen LogP contribution in [0.4, 0.5) is 0 Å². The lowest BCUT2D eigenvalue weighted by Crippen LogP contribution is -2.07. The lowest BCUT2D eigenvalue weighted by Gasteiger charge is -2.13. The van der Waals surface area contributed by atoms with Gasteiger partial charge in [-0.25, -0.2) is 9.97 Å². The van der Waals surface area contributed by atoms with Gasteiger partial charge in [-0.3, -0.25) is 4.57 Å². The Kier molecular flexibility index (Phi) is 5.46. The minimum absolute atomic E-state index is 0.0502. The summed E-state index contributed by atoms with van der Waals surface area (Å²) in [4.78, 5) is 11.9. The van der Waals surface area contributed by atoms with Crippen molar-refractivity contribution in [1.82, 2.24) is 19.5 Å². The minimum atomic E-state index is -0.410. The van der Waals surface area contributed by atoms with Crippen LogP contribution >= 0.6 is 11.8 Å². The van der Waals surface area contributed by atoms with E-state index in [1.165, 1.54) is 11.8 Å². The third kappa shape index (κ3) is 3.75. The first-order valence-electron chi connectivity index (χ1n) is 9.23. The van der Waals surface area contributed by atoms with Gasteiger partial charge in [0.15, 0.2) is 11.0 Å². The Morgan fingerprint density at radius 1 is 1.23 bits per heavy atom. The van der Waals surface area contributed by atoms with Gasteiger partial charge in [-0.2, -0.15) is 5.26 Å². The summed E-state index contributed by atoms with van der Waals surface area (Å²) in [7, 11) is 1.62. The fraction of sp³-hybridized carbons (Fsp3) is 0.136. The first-order valence-corrected chi connectivity index (χ1v) is 10.1. The van der Waals surface area contributed by atoms with E-state index in [-0.39, 0.29) is 11.3 Å². The predicted octanol–water partition coefficient (Wildman–Crippen LogP) is 4.73. The molecule has 2 aromatic heterocycles. The average Bonchev–Trinajstić information content (AvgIpc) is 3.41. The molecule has 2 aromatic carbocycles. The Balaban J connectivity index is 1.62. The average molecular weight is 417 g/mol. The van der Waals surface area contributed by atoms with Crippen molar-refractivity contribution in [2.45, 2.75) is 17.3 Å².